The van der Waals surface area contributed by atoms with Gasteiger partial charge in [-0.1, -0.05) is 18.2 Å². The van der Waals surface area contributed by atoms with Crippen molar-refractivity contribution in [2.45, 2.75) is 25.8 Å². The first-order chi connectivity index (χ1) is 8.74. The number of nitrogens with two attached hydrogens (primary N) is 1. The maximum absolute atomic E-state index is 5.77. The zero-order chi connectivity index (χ0) is 12.8. The molecule has 2 nitrogen and oxygen atoms in total. The lowest BCUT2D eigenvalue weighted by Gasteiger charge is -2.08. The van der Waals surface area contributed by atoms with Crippen molar-refractivity contribution in [1.82, 2.24) is 0 Å². The average Bonchev–Trinajstić information content (AvgIpc) is 2.84. The van der Waals surface area contributed by atoms with Crippen LogP contribution in [-0.2, 0) is 12.8 Å². The fraction of sp³-hybridized carbons (Fsp3) is 0.333. The molecule has 1 aromatic carbocycles. The molecule has 0 bridgehead atoms. The summed E-state index contributed by atoms with van der Waals surface area (Å²) >= 11 is 1.77. The fourth-order valence-corrected chi connectivity index (χ4v) is 2.51. The Morgan fingerprint density at radius 2 is 2.00 bits per heavy atom. The van der Waals surface area contributed by atoms with E-state index >= 15 is 0 Å². The molecule has 18 heavy (non-hydrogen) atoms. The first-order valence-corrected chi connectivity index (χ1v) is 7.12. The van der Waals surface area contributed by atoms with Crippen LogP contribution in [0.3, 0.4) is 0 Å². The number of hydrogen-bond acceptors (Lipinski definition) is 3. The third-order valence-corrected chi connectivity index (χ3v) is 3.61. The van der Waals surface area contributed by atoms with Gasteiger partial charge in [-0.25, -0.2) is 0 Å². The van der Waals surface area contributed by atoms with Crippen molar-refractivity contribution in [3.05, 3.63) is 52.2 Å². The predicted molar refractivity (Wildman–Crippen MR) is 77.3 cm³/mol. The van der Waals surface area contributed by atoms with Gasteiger partial charge in [-0.2, -0.15) is 0 Å². The van der Waals surface area contributed by atoms with Crippen LogP contribution in [0.2, 0.25) is 0 Å². The second kappa shape index (κ2) is 6.57. The summed E-state index contributed by atoms with van der Waals surface area (Å²) in [6, 6.07) is 12.6. The standard InChI is InChI=1S/C15H19NOS/c1-12(16)11-13-4-6-14(7-5-13)17-9-8-15-3-2-10-18-15/h2-7,10,12H,8-9,11,16H2,1H3. The summed E-state index contributed by atoms with van der Waals surface area (Å²) in [7, 11) is 0. The molecule has 0 saturated heterocycles. The molecule has 0 aliphatic heterocycles. The average molecular weight is 261 g/mol. The van der Waals surface area contributed by atoms with E-state index in [1.807, 2.05) is 19.1 Å². The number of ether oxygens (including phenoxy) is 1. The molecule has 0 spiro atoms. The van der Waals surface area contributed by atoms with Crippen molar-refractivity contribution in [3.8, 4) is 5.75 Å². The molecule has 96 valence electrons. The molecule has 0 fully saturated rings. The normalized spacial score (nSPS) is 12.3. The third-order valence-electron chi connectivity index (χ3n) is 2.68. The molecule has 0 saturated carbocycles. The van der Waals surface area contributed by atoms with Crippen LogP contribution in [-0.4, -0.2) is 12.6 Å². The Hall–Kier alpha value is -1.32. The highest BCUT2D eigenvalue weighted by atomic mass is 32.1. The topological polar surface area (TPSA) is 35.2 Å². The lowest BCUT2D eigenvalue weighted by Crippen LogP contribution is -2.17. The molecule has 0 aliphatic carbocycles. The highest BCUT2D eigenvalue weighted by Gasteiger charge is 1.99. The fourth-order valence-electron chi connectivity index (χ4n) is 1.82. The summed E-state index contributed by atoms with van der Waals surface area (Å²) in [5.41, 5.74) is 7.03. The molecule has 2 N–H and O–H groups in total. The summed E-state index contributed by atoms with van der Waals surface area (Å²) < 4.78 is 5.71. The van der Waals surface area contributed by atoms with Gasteiger partial charge in [0.15, 0.2) is 0 Å². The minimum atomic E-state index is 0.204. The van der Waals surface area contributed by atoms with E-state index in [9.17, 15) is 0 Å². The van der Waals surface area contributed by atoms with Crippen molar-refractivity contribution in [1.29, 1.82) is 0 Å². The van der Waals surface area contributed by atoms with Crippen molar-refractivity contribution < 1.29 is 4.74 Å². The molecule has 3 heteroatoms. The van der Waals surface area contributed by atoms with Gasteiger partial charge in [0.25, 0.3) is 0 Å². The Balaban J connectivity index is 1.79. The van der Waals surface area contributed by atoms with Crippen LogP contribution < -0.4 is 10.5 Å². The lowest BCUT2D eigenvalue weighted by atomic mass is 10.1. The Morgan fingerprint density at radius 1 is 1.22 bits per heavy atom. The van der Waals surface area contributed by atoms with Gasteiger partial charge in [-0.15, -0.1) is 11.3 Å². The number of rotatable bonds is 6. The Labute approximate surface area is 112 Å². The zero-order valence-corrected chi connectivity index (χ0v) is 11.5. The summed E-state index contributed by atoms with van der Waals surface area (Å²) in [5, 5.41) is 2.10. The van der Waals surface area contributed by atoms with Gasteiger partial charge in [-0.05, 0) is 42.5 Å². The lowest BCUT2D eigenvalue weighted by molar-refractivity contribution is 0.323. The van der Waals surface area contributed by atoms with Crippen LogP contribution in [0, 0.1) is 0 Å². The van der Waals surface area contributed by atoms with Gasteiger partial charge in [0, 0.05) is 17.3 Å². The molecule has 0 amide bonds. The van der Waals surface area contributed by atoms with E-state index in [1.165, 1.54) is 10.4 Å². The molecule has 0 aliphatic rings. The second-order valence-electron chi connectivity index (χ2n) is 4.50. The highest BCUT2D eigenvalue weighted by molar-refractivity contribution is 7.09. The highest BCUT2D eigenvalue weighted by Crippen LogP contribution is 2.15. The monoisotopic (exact) mass is 261 g/mol. The molecular formula is C15H19NOS. The SMILES string of the molecule is CC(N)Cc1ccc(OCCc2cccs2)cc1. The van der Waals surface area contributed by atoms with Crippen LogP contribution in [0.5, 0.6) is 5.75 Å². The third kappa shape index (κ3) is 4.17. The van der Waals surface area contributed by atoms with E-state index in [0.29, 0.717) is 0 Å². The zero-order valence-electron chi connectivity index (χ0n) is 10.6. The minimum absolute atomic E-state index is 0.204. The quantitative estimate of drug-likeness (QED) is 0.866. The predicted octanol–water partition coefficient (Wildman–Crippen LogP) is 3.26. The van der Waals surface area contributed by atoms with E-state index in [-0.39, 0.29) is 6.04 Å². The van der Waals surface area contributed by atoms with Crippen LogP contribution in [0.4, 0.5) is 0 Å². The van der Waals surface area contributed by atoms with Crippen molar-refractivity contribution in [2.75, 3.05) is 6.61 Å². The molecule has 2 rings (SSSR count). The summed E-state index contributed by atoms with van der Waals surface area (Å²) in [6.07, 6.45) is 1.88. The molecule has 1 aromatic heterocycles. The molecule has 1 atom stereocenters. The van der Waals surface area contributed by atoms with E-state index in [0.717, 1.165) is 25.2 Å². The smallest absolute Gasteiger partial charge is 0.119 e. The molecule has 2 aromatic rings. The maximum atomic E-state index is 5.77. The number of thiophene rings is 1. The maximum Gasteiger partial charge on any atom is 0.119 e. The van der Waals surface area contributed by atoms with Crippen LogP contribution in [0.15, 0.2) is 41.8 Å². The molecule has 0 radical (unpaired) electrons. The van der Waals surface area contributed by atoms with Crippen molar-refractivity contribution in [3.63, 3.8) is 0 Å². The van der Waals surface area contributed by atoms with Gasteiger partial charge < -0.3 is 10.5 Å². The van der Waals surface area contributed by atoms with Gasteiger partial charge in [0.1, 0.15) is 5.75 Å². The summed E-state index contributed by atoms with van der Waals surface area (Å²) in [4.78, 5) is 1.36. The van der Waals surface area contributed by atoms with Gasteiger partial charge >= 0.3 is 0 Å². The van der Waals surface area contributed by atoms with E-state index in [4.69, 9.17) is 10.5 Å². The van der Waals surface area contributed by atoms with Crippen molar-refractivity contribution in [2.24, 2.45) is 5.73 Å². The summed E-state index contributed by atoms with van der Waals surface area (Å²) in [5.74, 6) is 0.931. The van der Waals surface area contributed by atoms with Gasteiger partial charge in [-0.3, -0.25) is 0 Å². The van der Waals surface area contributed by atoms with E-state index in [1.54, 1.807) is 11.3 Å². The van der Waals surface area contributed by atoms with Crippen molar-refractivity contribution >= 4 is 11.3 Å². The first kappa shape index (κ1) is 13.1. The second-order valence-corrected chi connectivity index (χ2v) is 5.54. The molecular weight excluding hydrogens is 242 g/mol. The Bertz CT molecular complexity index is 448. The Morgan fingerprint density at radius 3 is 2.61 bits per heavy atom. The van der Waals surface area contributed by atoms with Crippen LogP contribution in [0.1, 0.15) is 17.4 Å². The van der Waals surface area contributed by atoms with Gasteiger partial charge in [0.05, 0.1) is 6.61 Å². The molecule has 1 heterocycles. The Kier molecular flexibility index (Phi) is 4.79. The largest absolute Gasteiger partial charge is 0.493 e. The minimum Gasteiger partial charge on any atom is -0.493 e. The summed E-state index contributed by atoms with van der Waals surface area (Å²) in [6.45, 7) is 2.75. The van der Waals surface area contributed by atoms with E-state index in [2.05, 4.69) is 29.6 Å². The van der Waals surface area contributed by atoms with E-state index < -0.39 is 0 Å². The number of hydrogen-bond donors (Lipinski definition) is 1. The van der Waals surface area contributed by atoms with Crippen LogP contribution in [0.25, 0.3) is 0 Å². The van der Waals surface area contributed by atoms with Gasteiger partial charge in [0.2, 0.25) is 0 Å². The van der Waals surface area contributed by atoms with Crippen LogP contribution >= 0.6 is 11.3 Å². The number of benzene rings is 1. The molecule has 1 unspecified atom stereocenters. The first-order valence-electron chi connectivity index (χ1n) is 6.24.